The van der Waals surface area contributed by atoms with Crippen molar-refractivity contribution in [2.75, 3.05) is 12.4 Å². The summed E-state index contributed by atoms with van der Waals surface area (Å²) in [5, 5.41) is 7.08. The minimum Gasteiger partial charge on any atom is -0.342 e. The summed E-state index contributed by atoms with van der Waals surface area (Å²) in [6.07, 6.45) is 0. The molecule has 2 aromatic carbocycles. The van der Waals surface area contributed by atoms with E-state index in [0.717, 1.165) is 15.8 Å². The molecule has 2 amide bonds. The molecule has 0 fully saturated rings. The van der Waals surface area contributed by atoms with E-state index in [-0.39, 0.29) is 23.9 Å². The maximum atomic E-state index is 12.4. The SMILES string of the molecule is CC(=O)N(C)Cc1cccc(NC(=O)Cn2nc(-c3ccccc3)ccc2=O)c1. The molecule has 0 aliphatic carbocycles. The molecule has 0 bridgehead atoms. The van der Waals surface area contributed by atoms with E-state index >= 15 is 0 Å². The number of benzene rings is 2. The van der Waals surface area contributed by atoms with Crippen LogP contribution in [0.25, 0.3) is 11.3 Å². The van der Waals surface area contributed by atoms with Gasteiger partial charge in [-0.2, -0.15) is 5.10 Å². The summed E-state index contributed by atoms with van der Waals surface area (Å²) < 4.78 is 1.14. The van der Waals surface area contributed by atoms with E-state index in [1.54, 1.807) is 36.2 Å². The van der Waals surface area contributed by atoms with E-state index in [9.17, 15) is 14.4 Å². The highest BCUT2D eigenvalue weighted by Gasteiger charge is 2.10. The van der Waals surface area contributed by atoms with E-state index in [4.69, 9.17) is 0 Å². The summed E-state index contributed by atoms with van der Waals surface area (Å²) in [5.41, 5.74) is 2.62. The summed E-state index contributed by atoms with van der Waals surface area (Å²) >= 11 is 0. The molecule has 148 valence electrons. The molecular weight excluding hydrogens is 368 g/mol. The Morgan fingerprint density at radius 1 is 1.03 bits per heavy atom. The molecule has 0 radical (unpaired) electrons. The monoisotopic (exact) mass is 390 g/mol. The largest absolute Gasteiger partial charge is 0.342 e. The molecule has 0 saturated carbocycles. The molecule has 0 unspecified atom stereocenters. The van der Waals surface area contributed by atoms with E-state index in [0.29, 0.717) is 17.9 Å². The van der Waals surface area contributed by atoms with Gasteiger partial charge in [-0.25, -0.2) is 4.68 Å². The fourth-order valence-electron chi connectivity index (χ4n) is 2.79. The Labute approximate surface area is 168 Å². The normalized spacial score (nSPS) is 10.4. The molecule has 7 nitrogen and oxygen atoms in total. The molecule has 7 heteroatoms. The van der Waals surface area contributed by atoms with Crippen molar-refractivity contribution in [1.82, 2.24) is 14.7 Å². The molecule has 3 rings (SSSR count). The molecular formula is C22H22N4O3. The molecule has 0 aliphatic rings. The van der Waals surface area contributed by atoms with Crippen LogP contribution in [0.15, 0.2) is 71.5 Å². The third-order valence-electron chi connectivity index (χ3n) is 4.40. The van der Waals surface area contributed by atoms with Gasteiger partial charge in [0.25, 0.3) is 5.56 Å². The second kappa shape index (κ2) is 8.97. The van der Waals surface area contributed by atoms with Gasteiger partial charge in [0.1, 0.15) is 6.54 Å². The van der Waals surface area contributed by atoms with Gasteiger partial charge in [0.2, 0.25) is 11.8 Å². The number of nitrogens with zero attached hydrogens (tertiary/aromatic N) is 3. The lowest BCUT2D eigenvalue weighted by Gasteiger charge is -2.15. The van der Waals surface area contributed by atoms with Gasteiger partial charge in [0.15, 0.2) is 0 Å². The number of carbonyl (C=O) groups is 2. The fourth-order valence-corrected chi connectivity index (χ4v) is 2.79. The third kappa shape index (κ3) is 5.38. The van der Waals surface area contributed by atoms with Crippen LogP contribution in [0.2, 0.25) is 0 Å². The Kier molecular flexibility index (Phi) is 6.19. The first-order valence-corrected chi connectivity index (χ1v) is 9.16. The Morgan fingerprint density at radius 3 is 2.52 bits per heavy atom. The first-order valence-electron chi connectivity index (χ1n) is 9.16. The zero-order valence-electron chi connectivity index (χ0n) is 16.3. The predicted molar refractivity (Wildman–Crippen MR) is 111 cm³/mol. The Bertz CT molecular complexity index is 1080. The van der Waals surface area contributed by atoms with Crippen LogP contribution in [0, 0.1) is 0 Å². The fraction of sp³-hybridized carbons (Fsp3) is 0.182. The van der Waals surface area contributed by atoms with Gasteiger partial charge < -0.3 is 10.2 Å². The van der Waals surface area contributed by atoms with Crippen molar-refractivity contribution in [1.29, 1.82) is 0 Å². The van der Waals surface area contributed by atoms with Gasteiger partial charge >= 0.3 is 0 Å². The van der Waals surface area contributed by atoms with Crippen molar-refractivity contribution < 1.29 is 9.59 Å². The number of carbonyl (C=O) groups excluding carboxylic acids is 2. The van der Waals surface area contributed by atoms with E-state index in [1.165, 1.54) is 13.0 Å². The zero-order valence-corrected chi connectivity index (χ0v) is 16.3. The minimum atomic E-state index is -0.359. The smallest absolute Gasteiger partial charge is 0.267 e. The van der Waals surface area contributed by atoms with Crippen LogP contribution in [0.5, 0.6) is 0 Å². The lowest BCUT2D eigenvalue weighted by molar-refractivity contribution is -0.128. The van der Waals surface area contributed by atoms with Crippen LogP contribution in [0.4, 0.5) is 5.69 Å². The first-order chi connectivity index (χ1) is 13.9. The van der Waals surface area contributed by atoms with Crippen molar-refractivity contribution in [3.05, 3.63) is 82.6 Å². The molecule has 0 aliphatic heterocycles. The zero-order chi connectivity index (χ0) is 20.8. The molecule has 3 aromatic rings. The average Bonchev–Trinajstić information content (AvgIpc) is 2.70. The van der Waals surface area contributed by atoms with Crippen LogP contribution < -0.4 is 10.9 Å². The highest BCUT2D eigenvalue weighted by Crippen LogP contribution is 2.15. The molecule has 1 heterocycles. The van der Waals surface area contributed by atoms with E-state index < -0.39 is 0 Å². The highest BCUT2D eigenvalue weighted by molar-refractivity contribution is 5.90. The summed E-state index contributed by atoms with van der Waals surface area (Å²) in [7, 11) is 1.71. The number of hydrogen-bond donors (Lipinski definition) is 1. The van der Waals surface area contributed by atoms with Crippen LogP contribution in [-0.2, 0) is 22.7 Å². The van der Waals surface area contributed by atoms with Crippen molar-refractivity contribution in [3.63, 3.8) is 0 Å². The number of amides is 2. The Balaban J connectivity index is 1.71. The minimum absolute atomic E-state index is 0.0387. The van der Waals surface area contributed by atoms with Gasteiger partial charge in [0.05, 0.1) is 5.69 Å². The molecule has 29 heavy (non-hydrogen) atoms. The second-order valence-corrected chi connectivity index (χ2v) is 6.70. The number of rotatable bonds is 6. The van der Waals surface area contributed by atoms with Crippen molar-refractivity contribution in [3.8, 4) is 11.3 Å². The molecule has 0 saturated heterocycles. The van der Waals surface area contributed by atoms with Gasteiger partial charge in [-0.05, 0) is 23.8 Å². The summed E-state index contributed by atoms with van der Waals surface area (Å²) in [5.74, 6) is -0.398. The Morgan fingerprint density at radius 2 is 1.79 bits per heavy atom. The number of aromatic nitrogens is 2. The number of nitrogens with one attached hydrogen (secondary N) is 1. The van der Waals surface area contributed by atoms with Crippen LogP contribution in [0.1, 0.15) is 12.5 Å². The molecule has 0 spiro atoms. The maximum absolute atomic E-state index is 12.4. The predicted octanol–water partition coefficient (Wildman–Crippen LogP) is 2.53. The summed E-state index contributed by atoms with van der Waals surface area (Å²) in [6.45, 7) is 1.75. The number of hydrogen-bond acceptors (Lipinski definition) is 4. The lowest BCUT2D eigenvalue weighted by atomic mass is 10.1. The third-order valence-corrected chi connectivity index (χ3v) is 4.40. The first kappa shape index (κ1) is 20.0. The van der Waals surface area contributed by atoms with Crippen LogP contribution in [0.3, 0.4) is 0 Å². The maximum Gasteiger partial charge on any atom is 0.267 e. The van der Waals surface area contributed by atoms with E-state index in [2.05, 4.69) is 10.4 Å². The molecule has 1 aromatic heterocycles. The quantitative estimate of drug-likeness (QED) is 0.701. The van der Waals surface area contributed by atoms with Crippen molar-refractivity contribution >= 4 is 17.5 Å². The van der Waals surface area contributed by atoms with E-state index in [1.807, 2.05) is 36.4 Å². The van der Waals surface area contributed by atoms with Crippen molar-refractivity contribution in [2.45, 2.75) is 20.0 Å². The average molecular weight is 390 g/mol. The van der Waals surface area contributed by atoms with Crippen LogP contribution >= 0.6 is 0 Å². The summed E-state index contributed by atoms with van der Waals surface area (Å²) in [4.78, 5) is 37.5. The number of anilines is 1. The Hall–Kier alpha value is -3.74. The standard InChI is InChI=1S/C22H22N4O3/c1-16(27)25(2)14-17-7-6-10-19(13-17)23-21(28)15-26-22(29)12-11-20(24-26)18-8-4-3-5-9-18/h3-13H,14-15H2,1-2H3,(H,23,28). The van der Waals surface area contributed by atoms with Gasteiger partial charge in [-0.1, -0.05) is 42.5 Å². The topological polar surface area (TPSA) is 84.3 Å². The molecule has 1 N–H and O–H groups in total. The summed E-state index contributed by atoms with van der Waals surface area (Å²) in [6, 6.07) is 19.7. The second-order valence-electron chi connectivity index (χ2n) is 6.70. The van der Waals surface area contributed by atoms with Crippen LogP contribution in [-0.4, -0.2) is 33.5 Å². The van der Waals surface area contributed by atoms with Crippen molar-refractivity contribution in [2.24, 2.45) is 0 Å². The lowest BCUT2D eigenvalue weighted by Crippen LogP contribution is -2.29. The molecule has 0 atom stereocenters. The highest BCUT2D eigenvalue weighted by atomic mass is 16.2. The van der Waals surface area contributed by atoms with Gasteiger partial charge in [-0.15, -0.1) is 0 Å². The van der Waals surface area contributed by atoms with Gasteiger partial charge in [0, 0.05) is 37.8 Å². The van der Waals surface area contributed by atoms with Gasteiger partial charge in [-0.3, -0.25) is 14.4 Å².